The zero-order chi connectivity index (χ0) is 52.1. The highest BCUT2D eigenvalue weighted by atomic mass is 79.9. The van der Waals surface area contributed by atoms with Crippen LogP contribution in [0.1, 0.15) is 7.43 Å². The van der Waals surface area contributed by atoms with Gasteiger partial charge in [-0.1, -0.05) is 266 Å². The molecule has 80 heavy (non-hydrogen) atoms. The van der Waals surface area contributed by atoms with E-state index in [2.05, 4.69) is 305 Å². The zero-order valence-corrected chi connectivity index (χ0v) is 44.5. The summed E-state index contributed by atoms with van der Waals surface area (Å²) in [4.78, 5) is 3.52. The van der Waals surface area contributed by atoms with Crippen molar-refractivity contribution in [2.75, 3.05) is 0 Å². The van der Waals surface area contributed by atoms with Crippen LogP contribution < -0.4 is 0 Å². The largest absolute Gasteiger partial charge is 0.354 e. The van der Waals surface area contributed by atoms with Crippen molar-refractivity contribution in [3.05, 3.63) is 284 Å². The highest BCUT2D eigenvalue weighted by Gasteiger charge is 2.24. The van der Waals surface area contributed by atoms with E-state index >= 15 is 0 Å². The molecule has 1 N–H and O–H groups in total. The second kappa shape index (κ2) is 19.0. The number of halogens is 1. The third-order valence-corrected chi connectivity index (χ3v) is 17.1. The van der Waals surface area contributed by atoms with E-state index in [9.17, 15) is 0 Å². The standard InChI is InChI=1S/C38H23N.C22H13Br.C16H11N.CH4/c1-2-12-28-24(9-1)19-20-35-31-15-5-6-18-36(31)39(38(28)35)26-11-7-10-25(23-26)27-21-22-34-30-14-4-3-13-29(30)33-17-8-16-32(27)37(33)34;23-15-6-3-5-14(13-15)16-11-12-21-18-8-2-1-7-17(18)20-10-4-9-19(16)22(20)21;1-2-6-12-11(5-1)9-10-14-13-7-3-4-8-15(13)17-16(12)14;/h1-23H;1-13H;1-10,17H;1H4. The van der Waals surface area contributed by atoms with Crippen LogP contribution in [-0.2, 0) is 0 Å². The number of nitrogens with zero attached hydrogens (tertiary/aromatic N) is 1. The van der Waals surface area contributed by atoms with Gasteiger partial charge in [0.25, 0.3) is 0 Å². The summed E-state index contributed by atoms with van der Waals surface area (Å²) in [7, 11) is 0. The first-order chi connectivity index (χ1) is 39.1. The number of aromatic amines is 1. The van der Waals surface area contributed by atoms with Crippen LogP contribution >= 0.6 is 15.9 Å². The molecular weight excluding hydrogens is 1030 g/mol. The lowest BCUT2D eigenvalue weighted by Gasteiger charge is -2.14. The fourth-order valence-electron chi connectivity index (χ4n) is 13.2. The monoisotopic (exact) mass is 1080 g/mol. The van der Waals surface area contributed by atoms with Crippen molar-refractivity contribution in [2.45, 2.75) is 7.43 Å². The fourth-order valence-corrected chi connectivity index (χ4v) is 13.6. The van der Waals surface area contributed by atoms with Gasteiger partial charge in [0.05, 0.1) is 16.6 Å². The highest BCUT2D eigenvalue weighted by molar-refractivity contribution is 9.10. The van der Waals surface area contributed by atoms with Crippen molar-refractivity contribution in [2.24, 2.45) is 0 Å². The Morgan fingerprint density at radius 3 is 1.38 bits per heavy atom. The number of benzene rings is 14. The van der Waals surface area contributed by atoms with Gasteiger partial charge in [0.15, 0.2) is 0 Å². The summed E-state index contributed by atoms with van der Waals surface area (Å²) in [6.45, 7) is 0. The van der Waals surface area contributed by atoms with Gasteiger partial charge in [0, 0.05) is 48.0 Å². The maximum Gasteiger partial charge on any atom is 0.0619 e. The van der Waals surface area contributed by atoms with E-state index in [0.717, 1.165) is 4.47 Å². The lowest BCUT2D eigenvalue weighted by atomic mass is 9.94. The molecule has 0 unspecified atom stereocenters. The Morgan fingerprint density at radius 1 is 0.287 bits per heavy atom. The summed E-state index contributed by atoms with van der Waals surface area (Å²) in [6.07, 6.45) is 0. The predicted molar refractivity (Wildman–Crippen MR) is 347 cm³/mol. The Balaban J connectivity index is 0.000000114. The minimum atomic E-state index is 0. The lowest BCUT2D eigenvalue weighted by Crippen LogP contribution is -1.95. The lowest BCUT2D eigenvalue weighted by molar-refractivity contribution is 1.19. The summed E-state index contributed by atoms with van der Waals surface area (Å²) < 4.78 is 3.56. The Labute approximate surface area is 472 Å². The summed E-state index contributed by atoms with van der Waals surface area (Å²) in [5.74, 6) is 0. The van der Waals surface area contributed by atoms with Gasteiger partial charge in [-0.05, 0) is 135 Å². The van der Waals surface area contributed by atoms with Crippen LogP contribution in [0.3, 0.4) is 0 Å². The molecule has 16 aromatic rings. The average molecular weight is 1080 g/mol. The maximum absolute atomic E-state index is 3.59. The van der Waals surface area contributed by atoms with Crippen molar-refractivity contribution in [3.63, 3.8) is 0 Å². The molecule has 2 heterocycles. The van der Waals surface area contributed by atoms with Crippen molar-refractivity contribution in [1.29, 1.82) is 0 Å². The molecule has 3 heteroatoms. The second-order valence-corrected chi connectivity index (χ2v) is 21.8. The molecule has 0 bridgehead atoms. The molecule has 0 aliphatic heterocycles. The molecule has 0 saturated carbocycles. The number of fused-ring (bicyclic) bond motifs is 16. The molecule has 18 rings (SSSR count). The summed E-state index contributed by atoms with van der Waals surface area (Å²) in [5.41, 5.74) is 21.9. The topological polar surface area (TPSA) is 20.7 Å². The minimum Gasteiger partial charge on any atom is -0.354 e. The van der Waals surface area contributed by atoms with Crippen molar-refractivity contribution in [3.8, 4) is 72.4 Å². The summed E-state index contributed by atoms with van der Waals surface area (Å²) >= 11 is 3.59. The van der Waals surface area contributed by atoms with E-state index in [0.29, 0.717) is 0 Å². The molecule has 0 saturated heterocycles. The number of rotatable bonds is 3. The van der Waals surface area contributed by atoms with Crippen LogP contribution in [0.5, 0.6) is 0 Å². The van der Waals surface area contributed by atoms with Crippen LogP contribution in [0.15, 0.2) is 284 Å². The SMILES string of the molecule is Brc1cccc(-c2ccc3c4c(cccc24)-c2ccccc2-3)c1.C.c1cc(-c2ccc3c4c(cccc24)-c2ccccc2-3)cc(-n2c3ccccc3c3ccc4ccccc4c32)c1.c1ccc2c(c1)ccc1c3ccccc3[nH]c21. The molecule has 376 valence electrons. The van der Waals surface area contributed by atoms with Crippen LogP contribution in [0.25, 0.3) is 159 Å². The smallest absolute Gasteiger partial charge is 0.0619 e. The predicted octanol–water partition coefficient (Wildman–Crippen LogP) is 22.4. The molecule has 2 aliphatic rings. The molecule has 0 atom stereocenters. The zero-order valence-electron chi connectivity index (χ0n) is 42.9. The molecule has 2 aliphatic carbocycles. The van der Waals surface area contributed by atoms with E-state index in [1.165, 1.54) is 159 Å². The third-order valence-electron chi connectivity index (χ3n) is 16.6. The van der Waals surface area contributed by atoms with Gasteiger partial charge in [-0.25, -0.2) is 0 Å². The van der Waals surface area contributed by atoms with Gasteiger partial charge in [0.1, 0.15) is 0 Å². The Hall–Kier alpha value is -9.80. The fraction of sp³-hybridized carbons (Fsp3) is 0.0130. The molecule has 0 fully saturated rings. The molecule has 0 spiro atoms. The van der Waals surface area contributed by atoms with Gasteiger partial charge in [-0.2, -0.15) is 0 Å². The van der Waals surface area contributed by atoms with Gasteiger partial charge in [-0.3, -0.25) is 0 Å². The maximum atomic E-state index is 3.59. The first-order valence-corrected chi connectivity index (χ1v) is 27.9. The molecule has 0 radical (unpaired) electrons. The van der Waals surface area contributed by atoms with Crippen molar-refractivity contribution in [1.82, 2.24) is 9.55 Å². The van der Waals surface area contributed by atoms with Crippen LogP contribution in [0, 0.1) is 0 Å². The highest BCUT2D eigenvalue weighted by Crippen LogP contribution is 2.51. The van der Waals surface area contributed by atoms with Crippen LogP contribution in [0.4, 0.5) is 0 Å². The number of H-pyrrole nitrogens is 1. The Bertz CT molecular complexity index is 5110. The molecule has 2 nitrogen and oxygen atoms in total. The van der Waals surface area contributed by atoms with Gasteiger partial charge in [0.2, 0.25) is 0 Å². The van der Waals surface area contributed by atoms with E-state index in [4.69, 9.17) is 0 Å². The molecule has 14 aromatic carbocycles. The molecular formula is C77H51BrN2. The second-order valence-electron chi connectivity index (χ2n) is 20.8. The summed E-state index contributed by atoms with van der Waals surface area (Å²) in [5, 5.41) is 15.7. The average Bonchev–Trinajstić information content (AvgIpc) is 4.34. The van der Waals surface area contributed by atoms with Gasteiger partial charge in [-0.15, -0.1) is 0 Å². The van der Waals surface area contributed by atoms with Crippen LogP contribution in [-0.4, -0.2) is 9.55 Å². The van der Waals surface area contributed by atoms with E-state index in [-0.39, 0.29) is 7.43 Å². The van der Waals surface area contributed by atoms with E-state index < -0.39 is 0 Å². The number of aromatic nitrogens is 2. The quantitative estimate of drug-likeness (QED) is 0.182. The first kappa shape index (κ1) is 47.4. The Morgan fingerprint density at radius 2 is 0.738 bits per heavy atom. The van der Waals surface area contributed by atoms with Gasteiger partial charge < -0.3 is 9.55 Å². The third kappa shape index (κ3) is 7.39. The van der Waals surface area contributed by atoms with Crippen molar-refractivity contribution < 1.29 is 0 Å². The minimum absolute atomic E-state index is 0. The number of hydrogen-bond donors (Lipinski definition) is 1. The van der Waals surface area contributed by atoms with Crippen molar-refractivity contribution >= 4 is 103 Å². The van der Waals surface area contributed by atoms with Crippen LogP contribution in [0.2, 0.25) is 0 Å². The van der Waals surface area contributed by atoms with E-state index in [1.54, 1.807) is 0 Å². The molecule has 0 amide bonds. The first-order valence-electron chi connectivity index (χ1n) is 27.1. The number of nitrogens with one attached hydrogen (secondary N) is 1. The number of para-hydroxylation sites is 2. The van der Waals surface area contributed by atoms with Gasteiger partial charge >= 0.3 is 0 Å². The van der Waals surface area contributed by atoms with E-state index in [1.807, 2.05) is 0 Å². The Kier molecular flexibility index (Phi) is 11.3. The summed E-state index contributed by atoms with van der Waals surface area (Å²) in [6, 6.07) is 101. The number of hydrogen-bond acceptors (Lipinski definition) is 0. The molecule has 2 aromatic heterocycles. The normalized spacial score (nSPS) is 11.7.